The third kappa shape index (κ3) is 6.86. The van der Waals surface area contributed by atoms with Crippen LogP contribution < -0.4 is 10.6 Å². The molecule has 2 N–H and O–H groups in total. The highest BCUT2D eigenvalue weighted by Crippen LogP contribution is 2.09. The molecule has 0 amide bonds. The van der Waals surface area contributed by atoms with E-state index in [0.29, 0.717) is 12.6 Å². The lowest BCUT2D eigenvalue weighted by molar-refractivity contribution is 0.491. The van der Waals surface area contributed by atoms with Crippen molar-refractivity contribution >= 4 is 5.96 Å². The summed E-state index contributed by atoms with van der Waals surface area (Å²) in [4.78, 5) is 13.2. The molecule has 1 unspecified atom stereocenters. The van der Waals surface area contributed by atoms with Gasteiger partial charge in [-0.25, -0.2) is 15.0 Å². The number of nitrogens with one attached hydrogen (secondary N) is 2. The lowest BCUT2D eigenvalue weighted by atomic mass is 10.0. The predicted molar refractivity (Wildman–Crippen MR) is 107 cm³/mol. The molecule has 26 heavy (non-hydrogen) atoms. The number of imidazole rings is 1. The van der Waals surface area contributed by atoms with Gasteiger partial charge in [0.1, 0.15) is 12.1 Å². The molecule has 0 saturated heterocycles. The zero-order chi connectivity index (χ0) is 18.8. The highest BCUT2D eigenvalue weighted by Gasteiger charge is 2.06. The van der Waals surface area contributed by atoms with Crippen molar-refractivity contribution in [1.29, 1.82) is 0 Å². The Labute approximate surface area is 157 Å². The van der Waals surface area contributed by atoms with Crippen LogP contribution in [0.25, 0.3) is 5.82 Å². The number of guanidine groups is 1. The van der Waals surface area contributed by atoms with Gasteiger partial charge in [0, 0.05) is 31.2 Å². The van der Waals surface area contributed by atoms with Gasteiger partial charge in [0.15, 0.2) is 5.96 Å². The first-order chi connectivity index (χ1) is 12.6. The van der Waals surface area contributed by atoms with Crippen molar-refractivity contribution in [1.82, 2.24) is 25.2 Å². The van der Waals surface area contributed by atoms with Crippen molar-refractivity contribution in [3.8, 4) is 5.82 Å². The van der Waals surface area contributed by atoms with E-state index in [0.717, 1.165) is 36.2 Å². The minimum absolute atomic E-state index is 0.408. The molecule has 2 rings (SSSR count). The number of aliphatic imine (C=N–C) groups is 1. The molecule has 142 valence electrons. The zero-order valence-corrected chi connectivity index (χ0v) is 16.4. The quantitative estimate of drug-likeness (QED) is 0.533. The monoisotopic (exact) mass is 356 g/mol. The second-order valence-corrected chi connectivity index (χ2v) is 7.06. The summed E-state index contributed by atoms with van der Waals surface area (Å²) in [5, 5.41) is 6.85. The van der Waals surface area contributed by atoms with Crippen LogP contribution in [0, 0.1) is 5.92 Å². The van der Waals surface area contributed by atoms with Gasteiger partial charge in [-0.15, -0.1) is 0 Å². The van der Waals surface area contributed by atoms with Crippen molar-refractivity contribution in [3.63, 3.8) is 0 Å². The molecule has 0 fully saturated rings. The van der Waals surface area contributed by atoms with Gasteiger partial charge < -0.3 is 10.6 Å². The maximum Gasteiger partial charge on any atom is 0.191 e. The van der Waals surface area contributed by atoms with E-state index in [1.54, 1.807) is 12.5 Å². The number of nitrogens with zero attached hydrogens (tertiary/aromatic N) is 4. The van der Waals surface area contributed by atoms with Gasteiger partial charge in [0.25, 0.3) is 0 Å². The molecule has 2 aromatic heterocycles. The molecule has 0 aliphatic heterocycles. The van der Waals surface area contributed by atoms with Crippen molar-refractivity contribution < 1.29 is 0 Å². The van der Waals surface area contributed by atoms with Gasteiger partial charge >= 0.3 is 0 Å². The fourth-order valence-electron chi connectivity index (χ4n) is 2.72. The van der Waals surface area contributed by atoms with E-state index >= 15 is 0 Å². The predicted octanol–water partition coefficient (Wildman–Crippen LogP) is 3.54. The topological polar surface area (TPSA) is 67.1 Å². The highest BCUT2D eigenvalue weighted by atomic mass is 15.2. The average Bonchev–Trinajstić information content (AvgIpc) is 3.14. The van der Waals surface area contributed by atoms with E-state index in [1.165, 1.54) is 12.8 Å². The summed E-state index contributed by atoms with van der Waals surface area (Å²) in [7, 11) is 0. The number of hydrogen-bond acceptors (Lipinski definition) is 3. The minimum Gasteiger partial charge on any atom is -0.357 e. The number of hydrogen-bond donors (Lipinski definition) is 2. The van der Waals surface area contributed by atoms with E-state index in [9.17, 15) is 0 Å². The van der Waals surface area contributed by atoms with Gasteiger partial charge in [-0.05, 0) is 43.9 Å². The average molecular weight is 357 g/mol. The summed E-state index contributed by atoms with van der Waals surface area (Å²) in [5.74, 6) is 2.49. The molecule has 0 bridgehead atoms. The normalized spacial score (nSPS) is 13.0. The Morgan fingerprint density at radius 2 is 2.08 bits per heavy atom. The van der Waals surface area contributed by atoms with Crippen molar-refractivity contribution in [2.75, 3.05) is 6.54 Å². The fourth-order valence-corrected chi connectivity index (χ4v) is 2.72. The molecule has 0 aliphatic rings. The molecule has 6 nitrogen and oxygen atoms in total. The van der Waals surface area contributed by atoms with Crippen molar-refractivity contribution in [2.24, 2.45) is 10.9 Å². The van der Waals surface area contributed by atoms with Crippen LogP contribution in [0.4, 0.5) is 0 Å². The summed E-state index contributed by atoms with van der Waals surface area (Å²) in [6, 6.07) is 4.45. The van der Waals surface area contributed by atoms with Crippen LogP contribution in [0.2, 0.25) is 0 Å². The Kier molecular flexibility index (Phi) is 8.12. The number of pyridine rings is 1. The third-order valence-electron chi connectivity index (χ3n) is 4.14. The van der Waals surface area contributed by atoms with Gasteiger partial charge in [-0.1, -0.05) is 26.7 Å². The maximum absolute atomic E-state index is 4.73. The molecule has 0 aliphatic carbocycles. The van der Waals surface area contributed by atoms with Crippen LogP contribution >= 0.6 is 0 Å². The first-order valence-electron chi connectivity index (χ1n) is 9.56. The smallest absolute Gasteiger partial charge is 0.191 e. The Balaban J connectivity index is 1.94. The molecule has 0 radical (unpaired) electrons. The second kappa shape index (κ2) is 10.6. The first kappa shape index (κ1) is 19.9. The summed E-state index contributed by atoms with van der Waals surface area (Å²) in [6.45, 7) is 10.3. The third-order valence-corrected chi connectivity index (χ3v) is 4.14. The van der Waals surface area contributed by atoms with E-state index in [2.05, 4.69) is 48.3 Å². The molecule has 1 atom stereocenters. The molecule has 2 heterocycles. The second-order valence-electron chi connectivity index (χ2n) is 7.06. The molecule has 0 aromatic carbocycles. The van der Waals surface area contributed by atoms with Crippen LogP contribution in [0.1, 0.15) is 52.5 Å². The Morgan fingerprint density at radius 3 is 2.77 bits per heavy atom. The Morgan fingerprint density at radius 1 is 1.23 bits per heavy atom. The van der Waals surface area contributed by atoms with Crippen LogP contribution in [0.3, 0.4) is 0 Å². The van der Waals surface area contributed by atoms with Crippen LogP contribution in [0.15, 0.2) is 42.0 Å². The van der Waals surface area contributed by atoms with E-state index in [-0.39, 0.29) is 0 Å². The lowest BCUT2D eigenvalue weighted by Gasteiger charge is -2.18. The minimum atomic E-state index is 0.408. The van der Waals surface area contributed by atoms with Crippen molar-refractivity contribution in [2.45, 2.75) is 59.5 Å². The van der Waals surface area contributed by atoms with Crippen LogP contribution in [-0.2, 0) is 6.54 Å². The van der Waals surface area contributed by atoms with Crippen molar-refractivity contribution in [3.05, 3.63) is 42.6 Å². The van der Waals surface area contributed by atoms with Crippen LogP contribution in [0.5, 0.6) is 0 Å². The standard InChI is InChI=1S/C20H32N6/c1-5-22-20(25-17(4)8-6-7-16(2)3)24-14-18-9-10-23-19(13-18)26-12-11-21-15-26/h9-13,15-17H,5-8,14H2,1-4H3,(H2,22,24,25). The lowest BCUT2D eigenvalue weighted by Crippen LogP contribution is -2.42. The van der Waals surface area contributed by atoms with Gasteiger partial charge in [-0.3, -0.25) is 4.57 Å². The SMILES string of the molecule is CCNC(=NCc1ccnc(-n2ccnc2)c1)NC(C)CCCC(C)C. The molecule has 6 heteroatoms. The van der Waals surface area contributed by atoms with Gasteiger partial charge in [-0.2, -0.15) is 0 Å². The largest absolute Gasteiger partial charge is 0.357 e. The van der Waals surface area contributed by atoms with Gasteiger partial charge in [0.05, 0.1) is 6.54 Å². The Hall–Kier alpha value is -2.37. The summed E-state index contributed by atoms with van der Waals surface area (Å²) in [5.41, 5.74) is 1.12. The van der Waals surface area contributed by atoms with E-state index in [1.807, 2.05) is 29.1 Å². The number of rotatable bonds is 9. The molecule has 0 saturated carbocycles. The summed E-state index contributed by atoms with van der Waals surface area (Å²) in [6.07, 6.45) is 10.9. The Bertz CT molecular complexity index is 663. The summed E-state index contributed by atoms with van der Waals surface area (Å²) < 4.78 is 1.90. The fraction of sp³-hybridized carbons (Fsp3) is 0.550. The first-order valence-corrected chi connectivity index (χ1v) is 9.56. The zero-order valence-electron chi connectivity index (χ0n) is 16.4. The van der Waals surface area contributed by atoms with Crippen LogP contribution in [-0.4, -0.2) is 33.1 Å². The molecule has 0 spiro atoms. The molecular weight excluding hydrogens is 324 g/mol. The van der Waals surface area contributed by atoms with E-state index in [4.69, 9.17) is 4.99 Å². The molecule has 2 aromatic rings. The highest BCUT2D eigenvalue weighted by molar-refractivity contribution is 5.80. The number of aromatic nitrogens is 3. The van der Waals surface area contributed by atoms with Gasteiger partial charge in [0.2, 0.25) is 0 Å². The summed E-state index contributed by atoms with van der Waals surface area (Å²) >= 11 is 0. The van der Waals surface area contributed by atoms with E-state index < -0.39 is 0 Å². The molecular formula is C20H32N6. The maximum atomic E-state index is 4.73.